The number of carbonyl (C=O) groups is 2. The first-order valence-corrected chi connectivity index (χ1v) is 6.59. The van der Waals surface area contributed by atoms with Crippen molar-refractivity contribution < 1.29 is 14.3 Å². The minimum absolute atomic E-state index is 0.239. The normalized spacial score (nSPS) is 9.10. The van der Waals surface area contributed by atoms with Crippen LogP contribution in [0.1, 0.15) is 30.6 Å². The molecule has 0 aliphatic carbocycles. The predicted molar refractivity (Wildman–Crippen MR) is 78.8 cm³/mol. The Balaban J connectivity index is 0.000000956. The molecule has 2 aromatic carbocycles. The first kappa shape index (κ1) is 15.6. The monoisotopic (exact) mass is 270 g/mol. The molecule has 0 unspecified atom stereocenters. The van der Waals surface area contributed by atoms with Crippen molar-refractivity contribution in [2.75, 3.05) is 0 Å². The van der Waals surface area contributed by atoms with Gasteiger partial charge in [-0.15, -0.1) is 0 Å². The van der Waals surface area contributed by atoms with E-state index in [2.05, 4.69) is 0 Å². The lowest BCUT2D eigenvalue weighted by atomic mass is 10.1. The lowest BCUT2D eigenvalue weighted by molar-refractivity contribution is -0.133. The number of ketones is 1. The maximum atomic E-state index is 11.7. The molecule has 20 heavy (non-hydrogen) atoms. The van der Waals surface area contributed by atoms with Gasteiger partial charge in [0.25, 0.3) is 0 Å². The van der Waals surface area contributed by atoms with E-state index in [9.17, 15) is 9.59 Å². The number of benzene rings is 2. The van der Waals surface area contributed by atoms with Crippen molar-refractivity contribution in [2.45, 2.75) is 20.3 Å². The summed E-state index contributed by atoms with van der Waals surface area (Å²) in [7, 11) is 0. The first-order chi connectivity index (χ1) is 9.75. The molecule has 0 aromatic heterocycles. The quantitative estimate of drug-likeness (QED) is 0.366. The molecule has 0 radical (unpaired) electrons. The fourth-order valence-corrected chi connectivity index (χ4v) is 1.51. The topological polar surface area (TPSA) is 43.4 Å². The molecule has 2 aromatic rings. The Labute approximate surface area is 119 Å². The second-order valence-corrected chi connectivity index (χ2v) is 3.75. The van der Waals surface area contributed by atoms with Crippen LogP contribution in [0.3, 0.4) is 0 Å². The molecule has 0 atom stereocenters. The molecule has 3 heteroatoms. The zero-order valence-electron chi connectivity index (χ0n) is 11.7. The lowest BCUT2D eigenvalue weighted by Crippen LogP contribution is -2.14. The van der Waals surface area contributed by atoms with Gasteiger partial charge in [-0.1, -0.05) is 62.4 Å². The molecular weight excluding hydrogens is 252 g/mol. The summed E-state index contributed by atoms with van der Waals surface area (Å²) in [6.07, 6.45) is -0.251. The molecule has 0 fully saturated rings. The summed E-state index contributed by atoms with van der Waals surface area (Å²) < 4.78 is 5.05. The summed E-state index contributed by atoms with van der Waals surface area (Å²) in [5.74, 6) is -0.338. The van der Waals surface area contributed by atoms with Crippen LogP contribution in [-0.4, -0.2) is 11.8 Å². The Morgan fingerprint density at radius 3 is 1.90 bits per heavy atom. The maximum Gasteiger partial charge on any atom is 0.319 e. The summed E-state index contributed by atoms with van der Waals surface area (Å²) in [6, 6.07) is 17.4. The van der Waals surface area contributed by atoms with Crippen molar-refractivity contribution >= 4 is 11.8 Å². The van der Waals surface area contributed by atoms with Gasteiger partial charge in [0, 0.05) is 5.56 Å². The Kier molecular flexibility index (Phi) is 6.76. The summed E-state index contributed by atoms with van der Waals surface area (Å²) in [5, 5.41) is 0. The van der Waals surface area contributed by atoms with Crippen LogP contribution in [0, 0.1) is 0 Å². The number of esters is 1. The molecule has 0 saturated heterocycles. The SMILES string of the molecule is CC.O=C(CC(=O)c1ccccc1)Oc1ccccc1. The third kappa shape index (κ3) is 5.06. The van der Waals surface area contributed by atoms with Crippen molar-refractivity contribution in [1.29, 1.82) is 0 Å². The molecule has 0 aliphatic heterocycles. The molecule has 0 aliphatic rings. The van der Waals surface area contributed by atoms with E-state index in [-0.39, 0.29) is 12.2 Å². The van der Waals surface area contributed by atoms with Crippen molar-refractivity contribution in [1.82, 2.24) is 0 Å². The van der Waals surface area contributed by atoms with Crippen LogP contribution in [0.5, 0.6) is 5.75 Å². The number of hydrogen-bond acceptors (Lipinski definition) is 3. The minimum Gasteiger partial charge on any atom is -0.426 e. The van der Waals surface area contributed by atoms with Gasteiger partial charge in [0.05, 0.1) is 0 Å². The Hall–Kier alpha value is -2.42. The van der Waals surface area contributed by atoms with Crippen LogP contribution >= 0.6 is 0 Å². The van der Waals surface area contributed by atoms with Crippen LogP contribution in [0.2, 0.25) is 0 Å². The highest BCUT2D eigenvalue weighted by molar-refractivity contribution is 6.06. The molecule has 0 bridgehead atoms. The van der Waals surface area contributed by atoms with Gasteiger partial charge in [-0.25, -0.2) is 0 Å². The Bertz CT molecular complexity index is 533. The Morgan fingerprint density at radius 2 is 1.35 bits per heavy atom. The van der Waals surface area contributed by atoms with Crippen LogP contribution in [0.4, 0.5) is 0 Å². The highest BCUT2D eigenvalue weighted by Crippen LogP contribution is 2.10. The summed E-state index contributed by atoms with van der Waals surface area (Å²) in [6.45, 7) is 4.00. The third-order valence-corrected chi connectivity index (χ3v) is 2.38. The maximum absolute atomic E-state index is 11.7. The number of ether oxygens (including phenoxy) is 1. The molecule has 0 N–H and O–H groups in total. The van der Waals surface area contributed by atoms with Gasteiger partial charge >= 0.3 is 5.97 Å². The van der Waals surface area contributed by atoms with Gasteiger partial charge in [0.15, 0.2) is 5.78 Å². The van der Waals surface area contributed by atoms with E-state index >= 15 is 0 Å². The molecule has 2 rings (SSSR count). The highest BCUT2D eigenvalue weighted by Gasteiger charge is 2.13. The summed E-state index contributed by atoms with van der Waals surface area (Å²) >= 11 is 0. The number of rotatable bonds is 4. The molecule has 0 saturated carbocycles. The third-order valence-electron chi connectivity index (χ3n) is 2.38. The summed E-state index contributed by atoms with van der Waals surface area (Å²) in [5.41, 5.74) is 0.516. The van der Waals surface area contributed by atoms with Gasteiger partial charge in [-0.2, -0.15) is 0 Å². The zero-order valence-corrected chi connectivity index (χ0v) is 11.7. The van der Waals surface area contributed by atoms with Crippen LogP contribution in [-0.2, 0) is 4.79 Å². The molecule has 3 nitrogen and oxygen atoms in total. The van der Waals surface area contributed by atoms with Crippen molar-refractivity contribution in [3.8, 4) is 5.75 Å². The summed E-state index contributed by atoms with van der Waals surface area (Å²) in [4.78, 5) is 23.3. The fraction of sp³-hybridized carbons (Fsp3) is 0.176. The predicted octanol–water partition coefficient (Wildman–Crippen LogP) is 3.89. The largest absolute Gasteiger partial charge is 0.426 e. The van der Waals surface area contributed by atoms with Crippen molar-refractivity contribution in [2.24, 2.45) is 0 Å². The molecule has 0 spiro atoms. The second-order valence-electron chi connectivity index (χ2n) is 3.75. The lowest BCUT2D eigenvalue weighted by Gasteiger charge is -2.03. The van der Waals surface area contributed by atoms with E-state index in [1.165, 1.54) is 0 Å². The smallest absolute Gasteiger partial charge is 0.319 e. The van der Waals surface area contributed by atoms with Gasteiger partial charge in [0.1, 0.15) is 12.2 Å². The number of para-hydroxylation sites is 1. The fourth-order valence-electron chi connectivity index (χ4n) is 1.51. The number of hydrogen-bond donors (Lipinski definition) is 0. The van der Waals surface area contributed by atoms with Crippen LogP contribution < -0.4 is 4.74 Å². The first-order valence-electron chi connectivity index (χ1n) is 6.59. The van der Waals surface area contributed by atoms with E-state index in [1.807, 2.05) is 26.0 Å². The Morgan fingerprint density at radius 1 is 0.850 bits per heavy atom. The van der Waals surface area contributed by atoms with E-state index in [0.29, 0.717) is 11.3 Å². The van der Waals surface area contributed by atoms with E-state index < -0.39 is 5.97 Å². The molecule has 0 heterocycles. The zero-order chi connectivity index (χ0) is 14.8. The van der Waals surface area contributed by atoms with E-state index in [4.69, 9.17) is 4.74 Å². The average molecular weight is 270 g/mol. The van der Waals surface area contributed by atoms with Crippen molar-refractivity contribution in [3.05, 3.63) is 66.2 Å². The standard InChI is InChI=1S/C15H12O3.C2H6/c16-14(12-7-3-1-4-8-12)11-15(17)18-13-9-5-2-6-10-13;1-2/h1-10H,11H2;1-2H3. The molecule has 104 valence electrons. The minimum atomic E-state index is -0.546. The highest BCUT2D eigenvalue weighted by atomic mass is 16.5. The number of carbonyl (C=O) groups excluding carboxylic acids is 2. The molecule has 0 amide bonds. The van der Waals surface area contributed by atoms with Gasteiger partial charge in [0.2, 0.25) is 0 Å². The van der Waals surface area contributed by atoms with Crippen molar-refractivity contribution in [3.63, 3.8) is 0 Å². The van der Waals surface area contributed by atoms with Crippen LogP contribution in [0.15, 0.2) is 60.7 Å². The van der Waals surface area contributed by atoms with Gasteiger partial charge in [-0.05, 0) is 12.1 Å². The van der Waals surface area contributed by atoms with E-state index in [0.717, 1.165) is 0 Å². The van der Waals surface area contributed by atoms with E-state index in [1.54, 1.807) is 48.5 Å². The van der Waals surface area contributed by atoms with Crippen LogP contribution in [0.25, 0.3) is 0 Å². The van der Waals surface area contributed by atoms with Gasteiger partial charge in [-0.3, -0.25) is 9.59 Å². The molecular formula is C17H18O3. The second kappa shape index (κ2) is 8.64. The van der Waals surface area contributed by atoms with Gasteiger partial charge < -0.3 is 4.74 Å². The number of Topliss-reactive ketones (excluding diaryl/α,β-unsaturated/α-hetero) is 1. The average Bonchev–Trinajstić information content (AvgIpc) is 2.51.